The van der Waals surface area contributed by atoms with Crippen molar-refractivity contribution in [3.63, 3.8) is 0 Å². The van der Waals surface area contributed by atoms with Crippen molar-refractivity contribution in [3.8, 4) is 11.8 Å². The minimum Gasteiger partial charge on any atom is -0.424 e. The van der Waals surface area contributed by atoms with Gasteiger partial charge in [0.2, 0.25) is 11.2 Å². The molecule has 1 aliphatic heterocycles. The first-order valence-electron chi connectivity index (χ1n) is 6.73. The molecule has 5 nitrogen and oxygen atoms in total. The van der Waals surface area contributed by atoms with E-state index in [9.17, 15) is 0 Å². The van der Waals surface area contributed by atoms with E-state index in [-0.39, 0.29) is 11.3 Å². The van der Waals surface area contributed by atoms with Gasteiger partial charge in [-0.2, -0.15) is 15.0 Å². The number of hydrogen-bond acceptors (Lipinski definition) is 6. The van der Waals surface area contributed by atoms with Crippen molar-refractivity contribution < 1.29 is 4.74 Å². The molecule has 1 saturated heterocycles. The first-order valence-corrected chi connectivity index (χ1v) is 8.33. The summed E-state index contributed by atoms with van der Waals surface area (Å²) in [6.07, 6.45) is 4.33. The molecule has 0 bridgehead atoms. The lowest BCUT2D eigenvalue weighted by molar-refractivity contribution is 0.439. The lowest BCUT2D eigenvalue weighted by Crippen LogP contribution is -2.21. The van der Waals surface area contributed by atoms with Gasteiger partial charge in [-0.25, -0.2) is 0 Å². The Kier molecular flexibility index (Phi) is 4.45. The number of hydrogen-bond donors (Lipinski definition) is 0. The molecule has 2 aromatic rings. The minimum absolute atomic E-state index is 0.155. The van der Waals surface area contributed by atoms with Crippen LogP contribution in [0.1, 0.15) is 12.8 Å². The molecule has 0 aliphatic carbocycles. The standard InChI is InChI=1S/C14H15ClN4OS/c1-21-11-6-4-10(5-7-11)20-14-17-12(15)16-13(18-14)19-8-2-3-9-19/h4-7H,2-3,8-9H2,1H3. The third kappa shape index (κ3) is 3.57. The monoisotopic (exact) mass is 322 g/mol. The molecule has 0 radical (unpaired) electrons. The molecule has 1 aromatic heterocycles. The Balaban J connectivity index is 1.80. The highest BCUT2D eigenvalue weighted by atomic mass is 35.5. The van der Waals surface area contributed by atoms with Crippen molar-refractivity contribution >= 4 is 29.3 Å². The molecular weight excluding hydrogens is 308 g/mol. The quantitative estimate of drug-likeness (QED) is 0.801. The highest BCUT2D eigenvalue weighted by Gasteiger charge is 2.17. The first-order chi connectivity index (χ1) is 10.2. The van der Waals surface area contributed by atoms with E-state index in [0.717, 1.165) is 25.9 Å². The number of anilines is 1. The molecular formula is C14H15ClN4OS. The van der Waals surface area contributed by atoms with E-state index in [2.05, 4.69) is 19.9 Å². The molecule has 1 fully saturated rings. The van der Waals surface area contributed by atoms with Gasteiger partial charge < -0.3 is 9.64 Å². The summed E-state index contributed by atoms with van der Waals surface area (Å²) in [5.74, 6) is 1.27. The van der Waals surface area contributed by atoms with Crippen LogP contribution in [0.25, 0.3) is 0 Å². The van der Waals surface area contributed by atoms with E-state index >= 15 is 0 Å². The maximum Gasteiger partial charge on any atom is 0.328 e. The van der Waals surface area contributed by atoms with Crippen LogP contribution in [0.15, 0.2) is 29.2 Å². The van der Waals surface area contributed by atoms with Crippen LogP contribution in [0.4, 0.5) is 5.95 Å². The van der Waals surface area contributed by atoms with E-state index in [1.165, 1.54) is 4.90 Å². The lowest BCUT2D eigenvalue weighted by Gasteiger charge is -2.15. The molecule has 110 valence electrons. The summed E-state index contributed by atoms with van der Waals surface area (Å²) in [6, 6.07) is 7.99. The van der Waals surface area contributed by atoms with E-state index < -0.39 is 0 Å². The Bertz CT molecular complexity index is 617. The molecule has 2 heterocycles. The third-order valence-corrected chi connectivity index (χ3v) is 4.15. The fraction of sp³-hybridized carbons (Fsp3) is 0.357. The predicted molar refractivity (Wildman–Crippen MR) is 84.6 cm³/mol. The van der Waals surface area contributed by atoms with Crippen LogP contribution < -0.4 is 9.64 Å². The van der Waals surface area contributed by atoms with Crippen LogP contribution in [0.2, 0.25) is 5.28 Å². The molecule has 7 heteroatoms. The van der Waals surface area contributed by atoms with E-state index in [1.54, 1.807) is 11.8 Å². The molecule has 0 N–H and O–H groups in total. The average Bonchev–Trinajstić information content (AvgIpc) is 3.02. The summed E-state index contributed by atoms with van der Waals surface area (Å²) >= 11 is 7.65. The Morgan fingerprint density at radius 2 is 1.81 bits per heavy atom. The third-order valence-electron chi connectivity index (χ3n) is 3.23. The highest BCUT2D eigenvalue weighted by Crippen LogP contribution is 2.25. The van der Waals surface area contributed by atoms with Crippen molar-refractivity contribution in [2.75, 3.05) is 24.2 Å². The highest BCUT2D eigenvalue weighted by molar-refractivity contribution is 7.98. The summed E-state index contributed by atoms with van der Waals surface area (Å²) in [5.41, 5.74) is 0. The second-order valence-corrected chi connectivity index (χ2v) is 5.88. The van der Waals surface area contributed by atoms with Crippen LogP contribution in [-0.2, 0) is 0 Å². The molecule has 0 atom stereocenters. The maximum atomic E-state index is 5.97. The van der Waals surface area contributed by atoms with Crippen LogP contribution >= 0.6 is 23.4 Å². The number of aromatic nitrogens is 3. The fourth-order valence-corrected chi connectivity index (χ4v) is 2.73. The van der Waals surface area contributed by atoms with Gasteiger partial charge in [0.15, 0.2) is 0 Å². The molecule has 0 saturated carbocycles. The van der Waals surface area contributed by atoms with Gasteiger partial charge in [-0.3, -0.25) is 0 Å². The summed E-state index contributed by atoms with van der Waals surface area (Å²) in [5, 5.41) is 0.155. The number of thioether (sulfide) groups is 1. The maximum absolute atomic E-state index is 5.97. The van der Waals surface area contributed by atoms with E-state index in [1.807, 2.05) is 30.5 Å². The van der Waals surface area contributed by atoms with E-state index in [0.29, 0.717) is 11.7 Å². The van der Waals surface area contributed by atoms with Gasteiger partial charge in [0, 0.05) is 18.0 Å². The largest absolute Gasteiger partial charge is 0.424 e. The zero-order valence-corrected chi connectivity index (χ0v) is 13.2. The minimum atomic E-state index is 0.155. The molecule has 1 aromatic carbocycles. The Morgan fingerprint density at radius 1 is 1.10 bits per heavy atom. The van der Waals surface area contributed by atoms with Gasteiger partial charge >= 0.3 is 6.01 Å². The molecule has 21 heavy (non-hydrogen) atoms. The summed E-state index contributed by atoms with van der Waals surface area (Å²) in [7, 11) is 0. The summed E-state index contributed by atoms with van der Waals surface area (Å²) < 4.78 is 5.68. The first kappa shape index (κ1) is 14.4. The van der Waals surface area contributed by atoms with Gasteiger partial charge in [-0.05, 0) is 55.0 Å². The Labute approximate surface area is 132 Å². The van der Waals surface area contributed by atoms with Crippen LogP contribution in [0, 0.1) is 0 Å². The SMILES string of the molecule is CSc1ccc(Oc2nc(Cl)nc(N3CCCC3)n2)cc1. The molecule has 1 aliphatic rings. The van der Waals surface area contributed by atoms with Crippen LogP contribution in [0.5, 0.6) is 11.8 Å². The van der Waals surface area contributed by atoms with Crippen LogP contribution in [-0.4, -0.2) is 34.3 Å². The number of rotatable bonds is 4. The number of benzene rings is 1. The zero-order chi connectivity index (χ0) is 14.7. The average molecular weight is 323 g/mol. The normalized spacial score (nSPS) is 14.5. The molecule has 3 rings (SSSR count). The van der Waals surface area contributed by atoms with Crippen molar-refractivity contribution in [3.05, 3.63) is 29.5 Å². The summed E-state index contributed by atoms with van der Waals surface area (Å²) in [6.45, 7) is 1.89. The zero-order valence-electron chi connectivity index (χ0n) is 11.6. The Morgan fingerprint density at radius 3 is 2.48 bits per heavy atom. The molecule has 0 amide bonds. The number of nitrogens with zero attached hydrogens (tertiary/aromatic N) is 4. The summed E-state index contributed by atoms with van der Waals surface area (Å²) in [4.78, 5) is 15.8. The van der Waals surface area contributed by atoms with Crippen molar-refractivity contribution in [2.24, 2.45) is 0 Å². The van der Waals surface area contributed by atoms with E-state index in [4.69, 9.17) is 16.3 Å². The second-order valence-electron chi connectivity index (χ2n) is 4.66. The molecule has 0 spiro atoms. The topological polar surface area (TPSA) is 51.1 Å². The number of halogens is 1. The smallest absolute Gasteiger partial charge is 0.328 e. The lowest BCUT2D eigenvalue weighted by atomic mass is 10.3. The van der Waals surface area contributed by atoms with Crippen molar-refractivity contribution in [1.82, 2.24) is 15.0 Å². The van der Waals surface area contributed by atoms with Crippen LogP contribution in [0.3, 0.4) is 0 Å². The van der Waals surface area contributed by atoms with Gasteiger partial charge in [-0.1, -0.05) is 0 Å². The number of ether oxygens (including phenoxy) is 1. The van der Waals surface area contributed by atoms with Gasteiger partial charge in [0.05, 0.1) is 0 Å². The fourth-order valence-electron chi connectivity index (χ4n) is 2.18. The van der Waals surface area contributed by atoms with Crippen molar-refractivity contribution in [1.29, 1.82) is 0 Å². The van der Waals surface area contributed by atoms with Gasteiger partial charge in [0.1, 0.15) is 5.75 Å². The molecule has 0 unspecified atom stereocenters. The van der Waals surface area contributed by atoms with Gasteiger partial charge in [-0.15, -0.1) is 11.8 Å². The van der Waals surface area contributed by atoms with Crippen molar-refractivity contribution in [2.45, 2.75) is 17.7 Å². The second kappa shape index (κ2) is 6.49. The van der Waals surface area contributed by atoms with Gasteiger partial charge in [0.25, 0.3) is 0 Å². The Hall–Kier alpha value is -1.53. The predicted octanol–water partition coefficient (Wildman–Crippen LogP) is 3.64.